The largest absolute Gasteiger partial charge is 0.346 e. The molecule has 4 heterocycles. The van der Waals surface area contributed by atoms with Crippen LogP contribution in [0.25, 0.3) is 0 Å². The van der Waals surface area contributed by atoms with Crippen molar-refractivity contribution in [3.8, 4) is 0 Å². The first-order valence-corrected chi connectivity index (χ1v) is 7.27. The number of tetrazole rings is 1. The van der Waals surface area contributed by atoms with Crippen molar-refractivity contribution < 1.29 is 0 Å². The molecule has 0 bridgehead atoms. The third-order valence-corrected chi connectivity index (χ3v) is 4.48. The molecule has 0 spiro atoms. The van der Waals surface area contributed by atoms with E-state index in [1.165, 1.54) is 4.88 Å². The predicted molar refractivity (Wildman–Crippen MR) is 75.5 cm³/mol. The average molecular weight is 284 g/mol. The summed E-state index contributed by atoms with van der Waals surface area (Å²) in [6.07, 6.45) is 4.58. The molecule has 0 amide bonds. The summed E-state index contributed by atoms with van der Waals surface area (Å²) in [6.45, 7) is 0. The third-order valence-electron chi connectivity index (χ3n) is 3.51. The first kappa shape index (κ1) is 11.5. The Morgan fingerprint density at radius 3 is 3.10 bits per heavy atom. The molecule has 7 heteroatoms. The maximum absolute atomic E-state index is 4.20. The van der Waals surface area contributed by atoms with E-state index in [1.54, 1.807) is 17.5 Å². The van der Waals surface area contributed by atoms with Crippen molar-refractivity contribution in [1.82, 2.24) is 25.2 Å². The van der Waals surface area contributed by atoms with E-state index in [4.69, 9.17) is 0 Å². The third kappa shape index (κ3) is 1.87. The Morgan fingerprint density at radius 2 is 2.30 bits per heavy atom. The van der Waals surface area contributed by atoms with E-state index in [0.717, 1.165) is 12.0 Å². The van der Waals surface area contributed by atoms with E-state index in [2.05, 4.69) is 49.4 Å². The van der Waals surface area contributed by atoms with Crippen molar-refractivity contribution in [1.29, 1.82) is 0 Å². The van der Waals surface area contributed by atoms with Crippen molar-refractivity contribution in [2.45, 2.75) is 18.5 Å². The zero-order chi connectivity index (χ0) is 13.4. The molecule has 0 aliphatic carbocycles. The molecule has 6 nitrogen and oxygen atoms in total. The topological polar surface area (TPSA) is 68.5 Å². The smallest absolute Gasteiger partial charge is 0.244 e. The van der Waals surface area contributed by atoms with E-state index in [-0.39, 0.29) is 12.1 Å². The number of hydrogen-bond donors (Lipinski definition) is 1. The van der Waals surface area contributed by atoms with Crippen molar-refractivity contribution in [2.24, 2.45) is 0 Å². The molecule has 1 aliphatic rings. The molecule has 1 N–H and O–H groups in total. The summed E-state index contributed by atoms with van der Waals surface area (Å²) in [4.78, 5) is 5.47. The van der Waals surface area contributed by atoms with E-state index in [0.29, 0.717) is 5.95 Å². The van der Waals surface area contributed by atoms with Crippen LogP contribution in [0, 0.1) is 0 Å². The molecule has 3 aromatic rings. The fourth-order valence-electron chi connectivity index (χ4n) is 2.56. The number of rotatable bonds is 2. The second kappa shape index (κ2) is 4.68. The van der Waals surface area contributed by atoms with Crippen molar-refractivity contribution in [2.75, 3.05) is 5.32 Å². The minimum absolute atomic E-state index is 0.173. The number of nitrogens with one attached hydrogen (secondary N) is 1. The van der Waals surface area contributed by atoms with Crippen molar-refractivity contribution in [3.05, 3.63) is 52.5 Å². The summed E-state index contributed by atoms with van der Waals surface area (Å²) >= 11 is 1.73. The lowest BCUT2D eigenvalue weighted by Gasteiger charge is -2.30. The van der Waals surface area contributed by atoms with Gasteiger partial charge in [-0.25, -0.2) is 4.68 Å². The number of anilines is 1. The van der Waals surface area contributed by atoms with Gasteiger partial charge in [0.15, 0.2) is 0 Å². The molecule has 2 atom stereocenters. The molecule has 2 unspecified atom stereocenters. The van der Waals surface area contributed by atoms with Gasteiger partial charge in [-0.1, -0.05) is 17.2 Å². The number of aromatic nitrogens is 5. The molecular formula is C13H12N6S. The van der Waals surface area contributed by atoms with E-state index >= 15 is 0 Å². The summed E-state index contributed by atoms with van der Waals surface area (Å²) < 4.78 is 1.86. The lowest BCUT2D eigenvalue weighted by molar-refractivity contribution is 0.428. The second-order valence-corrected chi connectivity index (χ2v) is 5.68. The maximum atomic E-state index is 4.20. The average Bonchev–Trinajstić information content (AvgIpc) is 3.18. The first-order valence-electron chi connectivity index (χ1n) is 6.39. The van der Waals surface area contributed by atoms with Gasteiger partial charge in [0.1, 0.15) is 0 Å². The van der Waals surface area contributed by atoms with E-state index < -0.39 is 0 Å². The molecule has 100 valence electrons. The maximum Gasteiger partial charge on any atom is 0.244 e. The molecule has 3 aromatic heterocycles. The van der Waals surface area contributed by atoms with Gasteiger partial charge in [0, 0.05) is 17.3 Å². The highest BCUT2D eigenvalue weighted by atomic mass is 32.1. The summed E-state index contributed by atoms with van der Waals surface area (Å²) in [5.41, 5.74) is 1.16. The normalized spacial score (nSPS) is 21.2. The Hall–Kier alpha value is -2.28. The Kier molecular flexibility index (Phi) is 2.70. The lowest BCUT2D eigenvalue weighted by atomic mass is 9.98. The lowest BCUT2D eigenvalue weighted by Crippen LogP contribution is -2.27. The van der Waals surface area contributed by atoms with Gasteiger partial charge in [0.05, 0.1) is 12.1 Å². The molecule has 0 radical (unpaired) electrons. The highest BCUT2D eigenvalue weighted by molar-refractivity contribution is 7.10. The van der Waals surface area contributed by atoms with Crippen molar-refractivity contribution in [3.63, 3.8) is 0 Å². The van der Waals surface area contributed by atoms with Crippen LogP contribution < -0.4 is 5.32 Å². The number of hydrogen-bond acceptors (Lipinski definition) is 6. The summed E-state index contributed by atoms with van der Waals surface area (Å²) in [6, 6.07) is 8.57. The van der Waals surface area contributed by atoms with E-state index in [9.17, 15) is 0 Å². The van der Waals surface area contributed by atoms with Gasteiger partial charge in [0.2, 0.25) is 5.95 Å². The SMILES string of the molecule is c1cncc(C2CC(c3cccs3)n3nnnc3N2)c1. The van der Waals surface area contributed by atoms with Gasteiger partial charge in [0.25, 0.3) is 0 Å². The monoisotopic (exact) mass is 284 g/mol. The van der Waals surface area contributed by atoms with Crippen LogP contribution in [0.1, 0.15) is 28.9 Å². The van der Waals surface area contributed by atoms with Gasteiger partial charge < -0.3 is 5.32 Å². The van der Waals surface area contributed by atoms with Gasteiger partial charge in [-0.3, -0.25) is 4.98 Å². The number of pyridine rings is 1. The van der Waals surface area contributed by atoms with Gasteiger partial charge in [-0.15, -0.1) is 11.3 Å². The molecule has 0 fully saturated rings. The fraction of sp³-hybridized carbons (Fsp3) is 0.231. The summed E-state index contributed by atoms with van der Waals surface area (Å²) in [5, 5.41) is 17.4. The predicted octanol–water partition coefficient (Wildman–Crippen LogP) is 2.28. The number of thiophene rings is 1. The highest BCUT2D eigenvalue weighted by Crippen LogP contribution is 2.38. The zero-order valence-corrected chi connectivity index (χ0v) is 11.4. The zero-order valence-electron chi connectivity index (χ0n) is 10.5. The molecule has 0 saturated carbocycles. The summed E-state index contributed by atoms with van der Waals surface area (Å²) in [7, 11) is 0. The Labute approximate surface area is 119 Å². The molecule has 20 heavy (non-hydrogen) atoms. The number of nitrogens with zero attached hydrogens (tertiary/aromatic N) is 5. The van der Waals surface area contributed by atoms with Crippen LogP contribution in [0.5, 0.6) is 0 Å². The van der Waals surface area contributed by atoms with Crippen LogP contribution in [0.2, 0.25) is 0 Å². The minimum atomic E-state index is 0.173. The standard InChI is InChI=1S/C13H12N6S/c1-3-9(8-14-5-1)10-7-11(12-4-2-6-20-12)19-13(15-10)16-17-18-19/h1-6,8,10-11H,7H2,(H,15,16,18). The van der Waals surface area contributed by atoms with Gasteiger partial charge in [-0.2, -0.15) is 0 Å². The second-order valence-electron chi connectivity index (χ2n) is 4.70. The van der Waals surface area contributed by atoms with Gasteiger partial charge in [-0.05, 0) is 39.9 Å². The molecular weight excluding hydrogens is 272 g/mol. The van der Waals surface area contributed by atoms with Crippen LogP contribution in [-0.4, -0.2) is 25.2 Å². The highest BCUT2D eigenvalue weighted by Gasteiger charge is 2.31. The van der Waals surface area contributed by atoms with E-state index in [1.807, 2.05) is 16.9 Å². The quantitative estimate of drug-likeness (QED) is 0.782. The molecule has 0 aromatic carbocycles. The molecule has 4 rings (SSSR count). The molecule has 1 aliphatic heterocycles. The van der Waals surface area contributed by atoms with Crippen molar-refractivity contribution >= 4 is 17.3 Å². The molecule has 0 saturated heterocycles. The van der Waals surface area contributed by atoms with Crippen LogP contribution in [0.4, 0.5) is 5.95 Å². The Bertz CT molecular complexity index is 693. The summed E-state index contributed by atoms with van der Waals surface area (Å²) in [5.74, 6) is 0.712. The first-order chi connectivity index (χ1) is 9.92. The Balaban J connectivity index is 1.74. The van der Waals surface area contributed by atoms with Crippen LogP contribution in [0.3, 0.4) is 0 Å². The Morgan fingerprint density at radius 1 is 1.30 bits per heavy atom. The number of fused-ring (bicyclic) bond motifs is 1. The van der Waals surface area contributed by atoms with Crippen LogP contribution in [0.15, 0.2) is 42.0 Å². The van der Waals surface area contributed by atoms with Crippen LogP contribution >= 0.6 is 11.3 Å². The fourth-order valence-corrected chi connectivity index (χ4v) is 3.38. The minimum Gasteiger partial charge on any atom is -0.346 e. The van der Waals surface area contributed by atoms with Gasteiger partial charge >= 0.3 is 0 Å². The van der Waals surface area contributed by atoms with Crippen LogP contribution in [-0.2, 0) is 0 Å².